The van der Waals surface area contributed by atoms with E-state index in [1.54, 1.807) is 0 Å². The number of aromatic nitrogens is 1. The van der Waals surface area contributed by atoms with Crippen LogP contribution in [0, 0.1) is 0 Å². The van der Waals surface area contributed by atoms with Crippen molar-refractivity contribution in [2.45, 2.75) is 12.2 Å². The van der Waals surface area contributed by atoms with Crippen LogP contribution in [0.3, 0.4) is 0 Å². The van der Waals surface area contributed by atoms with E-state index >= 15 is 0 Å². The molecule has 1 aromatic carbocycles. The third kappa shape index (κ3) is 2.17. The molecular weight excluding hydrogens is 261 g/mol. The SMILES string of the molecule is Cn1cc(C(N)C(=O)O)c2cccc(C(F)(F)F)c21. The number of aryl methyl sites for hydroxylation is 1. The molecule has 3 N–H and O–H groups in total. The Hall–Kier alpha value is -2.02. The predicted octanol–water partition coefficient (Wildman–Crippen LogP) is 2.28. The molecule has 0 fully saturated rings. The fraction of sp³-hybridized carbons (Fsp3) is 0.250. The summed E-state index contributed by atoms with van der Waals surface area (Å²) in [4.78, 5) is 10.9. The van der Waals surface area contributed by atoms with Gasteiger partial charge in [0.15, 0.2) is 0 Å². The van der Waals surface area contributed by atoms with Gasteiger partial charge in [-0.05, 0) is 6.07 Å². The molecule has 0 amide bonds. The average Bonchev–Trinajstić information content (AvgIpc) is 2.64. The lowest BCUT2D eigenvalue weighted by Gasteiger charge is -2.10. The van der Waals surface area contributed by atoms with Crippen molar-refractivity contribution in [1.29, 1.82) is 0 Å². The zero-order chi connectivity index (χ0) is 14.4. The minimum Gasteiger partial charge on any atom is -0.480 e. The Balaban J connectivity index is 2.77. The van der Waals surface area contributed by atoms with E-state index in [4.69, 9.17) is 10.8 Å². The molecule has 0 radical (unpaired) electrons. The van der Waals surface area contributed by atoms with Crippen LogP contribution >= 0.6 is 0 Å². The van der Waals surface area contributed by atoms with Crippen LogP contribution in [0.15, 0.2) is 24.4 Å². The number of para-hydroxylation sites is 1. The number of rotatable bonds is 2. The topological polar surface area (TPSA) is 68.2 Å². The molecule has 7 heteroatoms. The molecule has 0 aliphatic heterocycles. The largest absolute Gasteiger partial charge is 0.480 e. The first-order chi connectivity index (χ1) is 8.73. The molecule has 0 aliphatic rings. The van der Waals surface area contributed by atoms with Crippen LogP contribution in [0.25, 0.3) is 10.9 Å². The molecule has 1 atom stereocenters. The van der Waals surface area contributed by atoms with Crippen LogP contribution < -0.4 is 5.73 Å². The summed E-state index contributed by atoms with van der Waals surface area (Å²) < 4.78 is 40.0. The Kier molecular flexibility index (Phi) is 3.01. The van der Waals surface area contributed by atoms with Gasteiger partial charge in [-0.3, -0.25) is 4.79 Å². The first kappa shape index (κ1) is 13.4. The molecule has 1 heterocycles. The fourth-order valence-corrected chi connectivity index (χ4v) is 2.11. The van der Waals surface area contributed by atoms with E-state index < -0.39 is 23.8 Å². The quantitative estimate of drug-likeness (QED) is 0.881. The maximum absolute atomic E-state index is 12.9. The Morgan fingerprint density at radius 1 is 1.42 bits per heavy atom. The van der Waals surface area contributed by atoms with Gasteiger partial charge in [-0.2, -0.15) is 13.2 Å². The van der Waals surface area contributed by atoms with E-state index in [2.05, 4.69) is 0 Å². The van der Waals surface area contributed by atoms with E-state index in [0.29, 0.717) is 0 Å². The summed E-state index contributed by atoms with van der Waals surface area (Å²) in [7, 11) is 1.43. The van der Waals surface area contributed by atoms with Gasteiger partial charge >= 0.3 is 12.1 Å². The minimum absolute atomic E-state index is 0.0679. The maximum atomic E-state index is 12.9. The number of alkyl halides is 3. The smallest absolute Gasteiger partial charge is 0.418 e. The summed E-state index contributed by atoms with van der Waals surface area (Å²) in [5, 5.41) is 9.08. The third-order valence-corrected chi connectivity index (χ3v) is 2.94. The van der Waals surface area contributed by atoms with Crippen LogP contribution in [-0.4, -0.2) is 15.6 Å². The number of carbonyl (C=O) groups is 1. The van der Waals surface area contributed by atoms with Crippen molar-refractivity contribution < 1.29 is 23.1 Å². The molecule has 0 aliphatic carbocycles. The van der Waals surface area contributed by atoms with Crippen LogP contribution in [0.2, 0.25) is 0 Å². The molecule has 1 aromatic heterocycles. The van der Waals surface area contributed by atoms with Gasteiger partial charge in [0, 0.05) is 24.2 Å². The molecule has 0 saturated carbocycles. The van der Waals surface area contributed by atoms with Crippen molar-refractivity contribution in [1.82, 2.24) is 4.57 Å². The number of aliphatic carboxylic acids is 1. The predicted molar refractivity (Wildman–Crippen MR) is 62.5 cm³/mol. The second-order valence-corrected chi connectivity index (χ2v) is 4.21. The van der Waals surface area contributed by atoms with Crippen molar-refractivity contribution in [3.63, 3.8) is 0 Å². The minimum atomic E-state index is -4.50. The molecule has 2 rings (SSSR count). The van der Waals surface area contributed by atoms with E-state index in [-0.39, 0.29) is 16.5 Å². The Morgan fingerprint density at radius 2 is 2.05 bits per heavy atom. The van der Waals surface area contributed by atoms with Gasteiger partial charge in [-0.25, -0.2) is 0 Å². The van der Waals surface area contributed by atoms with E-state index in [1.807, 2.05) is 0 Å². The third-order valence-electron chi connectivity index (χ3n) is 2.94. The van der Waals surface area contributed by atoms with Crippen molar-refractivity contribution in [3.8, 4) is 0 Å². The fourth-order valence-electron chi connectivity index (χ4n) is 2.11. The molecule has 0 spiro atoms. The molecule has 2 aromatic rings. The zero-order valence-corrected chi connectivity index (χ0v) is 9.90. The first-order valence-corrected chi connectivity index (χ1v) is 5.37. The number of hydrogen-bond donors (Lipinski definition) is 2. The second-order valence-electron chi connectivity index (χ2n) is 4.21. The number of halogens is 3. The molecule has 1 unspecified atom stereocenters. The Labute approximate surface area is 106 Å². The van der Waals surface area contributed by atoms with Crippen LogP contribution in [0.4, 0.5) is 13.2 Å². The first-order valence-electron chi connectivity index (χ1n) is 5.37. The van der Waals surface area contributed by atoms with Crippen molar-refractivity contribution in [3.05, 3.63) is 35.5 Å². The highest BCUT2D eigenvalue weighted by atomic mass is 19.4. The van der Waals surface area contributed by atoms with E-state index in [0.717, 1.165) is 6.07 Å². The Bertz CT molecular complexity index is 646. The molecule has 19 heavy (non-hydrogen) atoms. The second kappa shape index (κ2) is 4.27. The Morgan fingerprint density at radius 3 is 2.58 bits per heavy atom. The number of benzene rings is 1. The summed E-state index contributed by atoms with van der Waals surface area (Å²) in [6.07, 6.45) is -3.19. The normalized spacial score (nSPS) is 13.7. The molecule has 102 valence electrons. The van der Waals surface area contributed by atoms with Gasteiger partial charge < -0.3 is 15.4 Å². The van der Waals surface area contributed by atoms with Crippen molar-refractivity contribution >= 4 is 16.9 Å². The van der Waals surface area contributed by atoms with Gasteiger partial charge in [0.1, 0.15) is 6.04 Å². The number of carboxylic acids is 1. The standard InChI is InChI=1S/C12H11F3N2O2/c1-17-5-7(9(16)11(18)19)6-3-2-4-8(10(6)17)12(13,14)15/h2-5,9H,16H2,1H3,(H,18,19). The average molecular weight is 272 g/mol. The molecule has 0 bridgehead atoms. The molecular formula is C12H11F3N2O2. The van der Waals surface area contributed by atoms with Crippen LogP contribution in [-0.2, 0) is 18.0 Å². The lowest BCUT2D eigenvalue weighted by Crippen LogP contribution is -2.20. The summed E-state index contributed by atoms with van der Waals surface area (Å²) in [5.74, 6) is -1.29. The number of nitrogens with zero attached hydrogens (tertiary/aromatic N) is 1. The highest BCUT2D eigenvalue weighted by Gasteiger charge is 2.34. The summed E-state index contributed by atoms with van der Waals surface area (Å²) in [6.45, 7) is 0. The maximum Gasteiger partial charge on any atom is 0.418 e. The highest BCUT2D eigenvalue weighted by Crippen LogP contribution is 2.37. The lowest BCUT2D eigenvalue weighted by atomic mass is 10.0. The summed E-state index contributed by atoms with van der Waals surface area (Å²) >= 11 is 0. The number of hydrogen-bond acceptors (Lipinski definition) is 2. The van der Waals surface area contributed by atoms with Crippen molar-refractivity contribution in [2.24, 2.45) is 12.8 Å². The van der Waals surface area contributed by atoms with E-state index in [9.17, 15) is 18.0 Å². The zero-order valence-electron chi connectivity index (χ0n) is 9.90. The number of carboxylic acid groups (broad SMARTS) is 1. The highest BCUT2D eigenvalue weighted by molar-refractivity contribution is 5.91. The summed E-state index contributed by atoms with van der Waals surface area (Å²) in [6, 6.07) is 2.27. The van der Waals surface area contributed by atoms with Crippen LogP contribution in [0.5, 0.6) is 0 Å². The van der Waals surface area contributed by atoms with Gasteiger partial charge in [0.2, 0.25) is 0 Å². The van der Waals surface area contributed by atoms with Gasteiger partial charge in [-0.1, -0.05) is 12.1 Å². The molecule has 4 nitrogen and oxygen atoms in total. The van der Waals surface area contributed by atoms with Gasteiger partial charge in [0.25, 0.3) is 0 Å². The van der Waals surface area contributed by atoms with Gasteiger partial charge in [-0.15, -0.1) is 0 Å². The number of nitrogens with two attached hydrogens (primary N) is 1. The van der Waals surface area contributed by atoms with Crippen molar-refractivity contribution in [2.75, 3.05) is 0 Å². The van der Waals surface area contributed by atoms with Crippen LogP contribution in [0.1, 0.15) is 17.2 Å². The summed E-state index contributed by atoms with van der Waals surface area (Å²) in [5.41, 5.74) is 4.77. The van der Waals surface area contributed by atoms with E-state index in [1.165, 1.54) is 29.9 Å². The number of fused-ring (bicyclic) bond motifs is 1. The molecule has 0 saturated heterocycles. The van der Waals surface area contributed by atoms with Gasteiger partial charge in [0.05, 0.1) is 11.1 Å². The lowest BCUT2D eigenvalue weighted by molar-refractivity contribution is -0.138. The monoisotopic (exact) mass is 272 g/mol.